The summed E-state index contributed by atoms with van der Waals surface area (Å²) in [6.07, 6.45) is 0. The van der Waals surface area contributed by atoms with E-state index in [1.165, 1.54) is 6.07 Å². The summed E-state index contributed by atoms with van der Waals surface area (Å²) in [5.74, 6) is 0.278. The van der Waals surface area contributed by atoms with E-state index in [1.54, 1.807) is 49.2 Å². The van der Waals surface area contributed by atoms with Gasteiger partial charge in [0.05, 0.1) is 6.04 Å². The molecular formula is C20H21BrFN3O4. The minimum absolute atomic E-state index is 0.212. The number of halogens is 2. The molecule has 1 atom stereocenters. The van der Waals surface area contributed by atoms with Crippen LogP contribution in [0.3, 0.4) is 0 Å². The van der Waals surface area contributed by atoms with Gasteiger partial charge in [0.15, 0.2) is 11.5 Å². The number of nitrogens with zero attached hydrogens (tertiary/aromatic N) is 1. The highest BCUT2D eigenvalue weighted by molar-refractivity contribution is 9.10. The van der Waals surface area contributed by atoms with Crippen molar-refractivity contribution in [2.75, 3.05) is 25.6 Å². The summed E-state index contributed by atoms with van der Waals surface area (Å²) in [6, 6.07) is 8.28. The monoisotopic (exact) mass is 465 g/mol. The highest BCUT2D eigenvalue weighted by Gasteiger charge is 2.21. The third-order valence-corrected chi connectivity index (χ3v) is 5.00. The first kappa shape index (κ1) is 21.1. The number of hydrogen-bond acceptors (Lipinski definition) is 5. The largest absolute Gasteiger partial charge is 0.486 e. The standard InChI is InChI=1S/C20H21BrFN3O4/c1-12(25(2)11-13-9-14(21)3-5-16(13)22)19(26)24-20(27)23-15-4-6-17-18(10-15)29-8-7-28-17/h3-6,9-10,12H,7-8,11H2,1-2H3,(H2,23,24,26,27). The number of imide groups is 1. The van der Waals surface area contributed by atoms with E-state index in [4.69, 9.17) is 9.47 Å². The van der Waals surface area contributed by atoms with Gasteiger partial charge in [0.1, 0.15) is 19.0 Å². The lowest BCUT2D eigenvalue weighted by Crippen LogP contribution is -2.46. The zero-order chi connectivity index (χ0) is 21.0. The van der Waals surface area contributed by atoms with E-state index in [2.05, 4.69) is 26.6 Å². The van der Waals surface area contributed by atoms with Crippen LogP contribution in [0.4, 0.5) is 14.9 Å². The molecule has 0 aliphatic carbocycles. The molecule has 0 radical (unpaired) electrons. The molecule has 3 amide bonds. The second-order valence-electron chi connectivity index (χ2n) is 6.63. The Morgan fingerprint density at radius 1 is 1.17 bits per heavy atom. The van der Waals surface area contributed by atoms with E-state index in [0.717, 1.165) is 4.47 Å². The average Bonchev–Trinajstić information content (AvgIpc) is 2.69. The SMILES string of the molecule is CC(C(=O)NC(=O)Nc1ccc2c(c1)OCCO2)N(C)Cc1cc(Br)ccc1F. The summed E-state index contributed by atoms with van der Waals surface area (Å²) < 4.78 is 25.6. The van der Waals surface area contributed by atoms with Crippen LogP contribution in [0.25, 0.3) is 0 Å². The fourth-order valence-electron chi connectivity index (χ4n) is 2.77. The number of rotatable bonds is 5. The predicted octanol–water partition coefficient (Wildman–Crippen LogP) is 3.53. The van der Waals surface area contributed by atoms with Crippen LogP contribution >= 0.6 is 15.9 Å². The van der Waals surface area contributed by atoms with Crippen molar-refractivity contribution in [3.63, 3.8) is 0 Å². The molecule has 9 heteroatoms. The zero-order valence-electron chi connectivity index (χ0n) is 16.0. The molecule has 0 fully saturated rings. The number of likely N-dealkylation sites (N-methyl/N-ethyl adjacent to an activating group) is 1. The van der Waals surface area contributed by atoms with Gasteiger partial charge >= 0.3 is 6.03 Å². The molecule has 7 nitrogen and oxygen atoms in total. The molecule has 2 aromatic rings. The Morgan fingerprint density at radius 3 is 2.66 bits per heavy atom. The quantitative estimate of drug-likeness (QED) is 0.705. The lowest BCUT2D eigenvalue weighted by Gasteiger charge is -2.24. The molecule has 2 N–H and O–H groups in total. The number of hydrogen-bond donors (Lipinski definition) is 2. The molecule has 154 valence electrons. The van der Waals surface area contributed by atoms with E-state index in [0.29, 0.717) is 36.0 Å². The fraction of sp³-hybridized carbons (Fsp3) is 0.300. The molecule has 29 heavy (non-hydrogen) atoms. The lowest BCUT2D eigenvalue weighted by molar-refractivity contribution is -0.124. The van der Waals surface area contributed by atoms with Crippen molar-refractivity contribution >= 4 is 33.6 Å². The van der Waals surface area contributed by atoms with Crippen LogP contribution in [0.2, 0.25) is 0 Å². The van der Waals surface area contributed by atoms with Gasteiger partial charge < -0.3 is 14.8 Å². The van der Waals surface area contributed by atoms with Crippen molar-refractivity contribution in [3.05, 3.63) is 52.3 Å². The van der Waals surface area contributed by atoms with Gasteiger partial charge in [-0.2, -0.15) is 0 Å². The number of benzene rings is 2. The average molecular weight is 466 g/mol. The van der Waals surface area contributed by atoms with Gasteiger partial charge in [-0.05, 0) is 44.3 Å². The molecule has 1 aliphatic rings. The van der Waals surface area contributed by atoms with Crippen LogP contribution in [0, 0.1) is 5.82 Å². The Balaban J connectivity index is 1.55. The van der Waals surface area contributed by atoms with E-state index in [1.807, 2.05) is 0 Å². The number of carbonyl (C=O) groups is 2. The van der Waals surface area contributed by atoms with Crippen molar-refractivity contribution in [3.8, 4) is 11.5 Å². The highest BCUT2D eigenvalue weighted by Crippen LogP contribution is 2.32. The Labute approximate surface area is 176 Å². The summed E-state index contributed by atoms with van der Waals surface area (Å²) in [5, 5.41) is 4.89. The summed E-state index contributed by atoms with van der Waals surface area (Å²) >= 11 is 3.31. The Bertz CT molecular complexity index is 925. The maximum absolute atomic E-state index is 13.9. The van der Waals surface area contributed by atoms with E-state index in [9.17, 15) is 14.0 Å². The van der Waals surface area contributed by atoms with Crippen molar-refractivity contribution < 1.29 is 23.5 Å². The molecule has 0 saturated heterocycles. The van der Waals surface area contributed by atoms with Crippen LogP contribution < -0.4 is 20.1 Å². The summed E-state index contributed by atoms with van der Waals surface area (Å²) in [5.41, 5.74) is 0.916. The molecule has 0 aromatic heterocycles. The fourth-order valence-corrected chi connectivity index (χ4v) is 3.18. The van der Waals surface area contributed by atoms with Gasteiger partial charge in [-0.25, -0.2) is 9.18 Å². The molecule has 0 saturated carbocycles. The third-order valence-electron chi connectivity index (χ3n) is 4.50. The predicted molar refractivity (Wildman–Crippen MR) is 110 cm³/mol. The second kappa shape index (κ2) is 9.23. The topological polar surface area (TPSA) is 79.9 Å². The summed E-state index contributed by atoms with van der Waals surface area (Å²) in [7, 11) is 1.68. The minimum atomic E-state index is -0.666. The first-order chi connectivity index (χ1) is 13.8. The van der Waals surface area contributed by atoms with Crippen molar-refractivity contribution in [2.45, 2.75) is 19.5 Å². The van der Waals surface area contributed by atoms with E-state index in [-0.39, 0.29) is 12.4 Å². The summed E-state index contributed by atoms with van der Waals surface area (Å²) in [6.45, 7) is 2.76. The van der Waals surface area contributed by atoms with Crippen molar-refractivity contribution in [2.24, 2.45) is 0 Å². The highest BCUT2D eigenvalue weighted by atomic mass is 79.9. The van der Waals surface area contributed by atoms with Gasteiger partial charge in [0.25, 0.3) is 0 Å². The first-order valence-corrected chi connectivity index (χ1v) is 9.78. The molecule has 2 aromatic carbocycles. The number of urea groups is 1. The van der Waals surface area contributed by atoms with E-state index >= 15 is 0 Å². The maximum atomic E-state index is 13.9. The van der Waals surface area contributed by atoms with Gasteiger partial charge in [-0.3, -0.25) is 15.0 Å². The van der Waals surface area contributed by atoms with Gasteiger partial charge in [0.2, 0.25) is 5.91 Å². The second-order valence-corrected chi connectivity index (χ2v) is 7.54. The first-order valence-electron chi connectivity index (χ1n) is 8.99. The Hall–Kier alpha value is -2.65. The number of fused-ring (bicyclic) bond motifs is 1. The van der Waals surface area contributed by atoms with Crippen LogP contribution in [-0.4, -0.2) is 43.1 Å². The van der Waals surface area contributed by atoms with Crippen LogP contribution in [-0.2, 0) is 11.3 Å². The molecular weight excluding hydrogens is 445 g/mol. The third kappa shape index (κ3) is 5.45. The van der Waals surface area contributed by atoms with E-state index < -0.39 is 18.0 Å². The number of anilines is 1. The normalized spacial score (nSPS) is 13.7. The number of ether oxygens (including phenoxy) is 2. The van der Waals surface area contributed by atoms with Gasteiger partial charge in [0, 0.05) is 28.3 Å². The lowest BCUT2D eigenvalue weighted by atomic mass is 10.1. The van der Waals surface area contributed by atoms with Crippen LogP contribution in [0.1, 0.15) is 12.5 Å². The minimum Gasteiger partial charge on any atom is -0.486 e. The molecule has 0 spiro atoms. The number of amides is 3. The van der Waals surface area contributed by atoms with Crippen molar-refractivity contribution in [1.82, 2.24) is 10.2 Å². The van der Waals surface area contributed by atoms with Crippen molar-refractivity contribution in [1.29, 1.82) is 0 Å². The molecule has 1 heterocycles. The Kier molecular flexibility index (Phi) is 6.71. The smallest absolute Gasteiger partial charge is 0.325 e. The molecule has 1 unspecified atom stereocenters. The number of carbonyl (C=O) groups excluding carboxylic acids is 2. The van der Waals surface area contributed by atoms with Gasteiger partial charge in [-0.1, -0.05) is 15.9 Å². The molecule has 0 bridgehead atoms. The van der Waals surface area contributed by atoms with Crippen LogP contribution in [0.15, 0.2) is 40.9 Å². The number of nitrogens with one attached hydrogen (secondary N) is 2. The Morgan fingerprint density at radius 2 is 1.90 bits per heavy atom. The zero-order valence-corrected chi connectivity index (χ0v) is 17.6. The van der Waals surface area contributed by atoms with Crippen LogP contribution in [0.5, 0.6) is 11.5 Å². The molecule has 1 aliphatic heterocycles. The summed E-state index contributed by atoms with van der Waals surface area (Å²) in [4.78, 5) is 26.2. The maximum Gasteiger partial charge on any atom is 0.325 e. The van der Waals surface area contributed by atoms with Gasteiger partial charge in [-0.15, -0.1) is 0 Å². The molecule has 3 rings (SSSR count).